The van der Waals surface area contributed by atoms with Gasteiger partial charge in [0.15, 0.2) is 45.7 Å². The fourth-order valence-electron chi connectivity index (χ4n) is 22.7. The quantitative estimate of drug-likeness (QED) is 0.0209. The molecule has 133 heavy (non-hydrogen) atoms. The summed E-state index contributed by atoms with van der Waals surface area (Å²) < 4.78 is 135. The van der Waals surface area contributed by atoms with Crippen molar-refractivity contribution in [1.29, 1.82) is 0 Å². The minimum Gasteiger partial charge on any atom is -0.481 e. The highest BCUT2D eigenvalue weighted by atomic mass is 35.5. The number of aromatic amines is 1. The summed E-state index contributed by atoms with van der Waals surface area (Å²) in [5, 5.41) is 10.3. The first-order valence-electron chi connectivity index (χ1n) is 45.5. The topological polar surface area (TPSA) is 339 Å². The fourth-order valence-corrected chi connectivity index (χ4v) is 24.7. The summed E-state index contributed by atoms with van der Waals surface area (Å²) in [5.41, 5.74) is 4.62. The molecule has 0 radical (unpaired) electrons. The molecule has 25 nitrogen and oxygen atoms in total. The lowest BCUT2D eigenvalue weighted by Gasteiger charge is -2.47. The monoisotopic (exact) mass is 1900 g/mol. The summed E-state index contributed by atoms with van der Waals surface area (Å²) in [5.74, 6) is -4.10. The van der Waals surface area contributed by atoms with Crippen molar-refractivity contribution >= 4 is 90.8 Å². The predicted molar refractivity (Wildman–Crippen MR) is 482 cm³/mol. The van der Waals surface area contributed by atoms with Crippen molar-refractivity contribution in [2.24, 2.45) is 94.7 Å². The van der Waals surface area contributed by atoms with Crippen molar-refractivity contribution in [3.05, 3.63) is 214 Å². The summed E-state index contributed by atoms with van der Waals surface area (Å²) in [6.07, 6.45) is 31.4. The van der Waals surface area contributed by atoms with E-state index in [1.807, 2.05) is 13.8 Å². The zero-order valence-electron chi connectivity index (χ0n) is 73.4. The van der Waals surface area contributed by atoms with E-state index < -0.39 is 56.8 Å². The Morgan fingerprint density at radius 2 is 0.789 bits per heavy atom. The normalized spacial score (nSPS) is 24.2. The average Bonchev–Trinajstić information content (AvgIpc) is 1.59. The van der Waals surface area contributed by atoms with Crippen LogP contribution in [-0.2, 0) is 69.1 Å². The molecule has 12 aliphatic carbocycles. The second-order valence-electron chi connectivity index (χ2n) is 36.0. The summed E-state index contributed by atoms with van der Waals surface area (Å²) in [7, 11) is -4.17. The van der Waals surface area contributed by atoms with Gasteiger partial charge < -0.3 is 24.3 Å². The Bertz CT molecular complexity index is 6410. The van der Waals surface area contributed by atoms with Gasteiger partial charge in [0.2, 0.25) is 10.6 Å². The van der Waals surface area contributed by atoms with Crippen LogP contribution in [0.25, 0.3) is 78.6 Å². The van der Waals surface area contributed by atoms with Crippen molar-refractivity contribution in [1.82, 2.24) is 73.7 Å². The lowest BCUT2D eigenvalue weighted by Crippen LogP contribution is -2.45. The number of benzene rings is 1. The molecule has 2 N–H and O–H groups in total. The van der Waals surface area contributed by atoms with Gasteiger partial charge in [-0.25, -0.2) is 88.6 Å². The Kier molecular flexibility index (Phi) is 28.4. The van der Waals surface area contributed by atoms with E-state index in [2.05, 4.69) is 64.8 Å². The lowest BCUT2D eigenvalue weighted by molar-refractivity contribution is -0.159. The number of ether oxygens (including phenoxy) is 3. The molecule has 11 aromatic heterocycles. The molecule has 11 heterocycles. The first kappa shape index (κ1) is 93.5. The number of nitrogens with zero attached hydrogens (tertiary/aromatic N) is 14. The van der Waals surface area contributed by atoms with Crippen LogP contribution in [0.15, 0.2) is 140 Å². The van der Waals surface area contributed by atoms with E-state index in [0.29, 0.717) is 83.0 Å². The maximum atomic E-state index is 16.5. The number of hydrogen-bond donors (Lipinski definition) is 2. The highest BCUT2D eigenvalue weighted by Crippen LogP contribution is 2.55. The molecule has 694 valence electrons. The van der Waals surface area contributed by atoms with Gasteiger partial charge in [0.25, 0.3) is 10.0 Å². The smallest absolute Gasteiger partial charge is 0.309 e. The van der Waals surface area contributed by atoms with E-state index in [1.54, 1.807) is 93.4 Å². The average molecular weight is 1900 g/mol. The minimum absolute atomic E-state index is 0.00675. The SMILES string of the molecule is CCOC(=O)[C@H]1C2CCC(CC2)[C@@H]1Cc1nc(-c2cn(S(=O)(=O)c3ccc(C)cc3)c3ncc(F)cc23)nc(-c2ccncc2)c1F.CCOC(=O)[C@H]1C2CCC(CC2)[C@@H]1Cc1nc(Cl)nc(-c2ccncc2)c1F.CCOC(=O)[C@H]1C2CCC(CC2)[C@@H]1Cc1nc(Cl)nc(Cl)c1F.O=C(O)[C@H]1C2CCC(CC2)[C@@H]1Cc1nc(-c2c[nH]c3ncc(F)cc23)nc(-c2ccncc2)c1F. The third-order valence-corrected chi connectivity index (χ3v) is 31.1. The minimum atomic E-state index is -4.17. The van der Waals surface area contributed by atoms with Crippen LogP contribution in [0.4, 0.5) is 26.3 Å². The number of aromatic nitrogens is 15. The number of aryl methyl sites for hydroxylation is 1. The Morgan fingerprint density at radius 3 is 1.20 bits per heavy atom. The van der Waals surface area contributed by atoms with Crippen molar-refractivity contribution in [3.63, 3.8) is 0 Å². The number of fused-ring (bicyclic) bond motifs is 14. The molecule has 12 aliphatic rings. The van der Waals surface area contributed by atoms with Crippen molar-refractivity contribution in [2.45, 2.75) is 161 Å². The standard InChI is InChI=1S/C35H33F2N5O4S.C26H23F2N5O2.C21H23ClFN3O2.C16H19Cl2FN2O2/c1-3-46-35(43)30-22-8-6-21(7-9-22)26(30)17-29-31(37)32(23-12-14-38-15-13-23)41-33(40-29)28-19-42(34-27(28)16-24(36)18-39-34)47(44,45)25-10-4-20(2)5-11-25;27-16-9-18-19(12-31-24(18)30-11-16)25-32-20(22(28)23(33-25)15-5-7-29-8-6-15)10-17-13-1-3-14(4-2-13)21(17)26(34)35;1-2-28-20(27)17-13-5-3-12(4-6-13)15(17)11-16-18(23)19(26-21(22)25-16)14-7-9-24-10-8-14;1-2-23-15(22)12-9-5-3-8(4-6-9)10(12)7-11-13(19)14(17)21-16(18)20-11/h4-5,10-16,18-19,21-22,26,30H,3,6-9,17H2,1-2H3;5-9,11-14,17,21H,1-4,10H2,(H,30,31)(H,34,35);7-10,12-13,15,17H,2-6,11H2,1H3;8-10,12H,2-7H2,1H3/t21?,22?,26-,30-;13?,14?,17-,21-;12?,13?,15-,17-;8?,9?,10-,12-/m0000/s1. The molecule has 12 saturated carbocycles. The maximum Gasteiger partial charge on any atom is 0.309 e. The number of carbonyl (C=O) groups is 4. The summed E-state index contributed by atoms with van der Waals surface area (Å²) in [6, 6.07) is 18.8. The van der Waals surface area contributed by atoms with Crippen LogP contribution in [0.5, 0.6) is 0 Å². The number of H-pyrrole nitrogens is 1. The Hall–Kier alpha value is -11.4. The van der Waals surface area contributed by atoms with Gasteiger partial charge in [0, 0.05) is 88.2 Å². The van der Waals surface area contributed by atoms with Gasteiger partial charge >= 0.3 is 23.9 Å². The predicted octanol–water partition coefficient (Wildman–Crippen LogP) is 20.1. The van der Waals surface area contributed by atoms with Crippen molar-refractivity contribution in [2.75, 3.05) is 19.8 Å². The van der Waals surface area contributed by atoms with Gasteiger partial charge in [-0.2, -0.15) is 0 Å². The fraction of sp³-hybridized carbons (Fsp3) is 0.439. The van der Waals surface area contributed by atoms with Crippen LogP contribution in [0.1, 0.15) is 152 Å². The summed E-state index contributed by atoms with van der Waals surface area (Å²) >= 11 is 17.7. The van der Waals surface area contributed by atoms with E-state index in [-0.39, 0.29) is 191 Å². The molecule has 8 bridgehead atoms. The molecular weight excluding hydrogens is 1800 g/mol. The molecule has 0 unspecified atom stereocenters. The second-order valence-corrected chi connectivity index (χ2v) is 38.8. The van der Waals surface area contributed by atoms with E-state index in [0.717, 1.165) is 125 Å². The molecule has 12 fully saturated rings. The molecule has 0 saturated heterocycles. The number of nitrogens with one attached hydrogen (secondary N) is 1. The molecule has 0 spiro atoms. The second kappa shape index (κ2) is 40.4. The Morgan fingerprint density at radius 1 is 0.436 bits per heavy atom. The molecule has 1 aromatic carbocycles. The van der Waals surface area contributed by atoms with Crippen LogP contribution in [-0.4, -0.2) is 131 Å². The number of pyridine rings is 5. The van der Waals surface area contributed by atoms with Crippen LogP contribution >= 0.6 is 34.8 Å². The third-order valence-electron chi connectivity index (χ3n) is 28.8. The number of esters is 3. The van der Waals surface area contributed by atoms with Gasteiger partial charge in [-0.3, -0.25) is 34.1 Å². The largest absolute Gasteiger partial charge is 0.481 e. The van der Waals surface area contributed by atoms with E-state index in [4.69, 9.17) is 54.0 Å². The molecule has 24 rings (SSSR count). The molecular formula is C98H98Cl3F6N15O10S. The molecule has 0 aliphatic heterocycles. The van der Waals surface area contributed by atoms with Crippen molar-refractivity contribution in [3.8, 4) is 56.5 Å². The number of aliphatic carboxylic acids is 1. The molecule has 12 aromatic rings. The number of rotatable bonds is 22. The maximum absolute atomic E-state index is 16.5. The molecule has 35 heteroatoms. The van der Waals surface area contributed by atoms with Crippen LogP contribution in [0.3, 0.4) is 0 Å². The Balaban J connectivity index is 0.000000128. The molecule has 0 amide bonds. The van der Waals surface area contributed by atoms with Gasteiger partial charge in [-0.1, -0.05) is 29.3 Å². The first-order valence-corrected chi connectivity index (χ1v) is 48.1. The summed E-state index contributed by atoms with van der Waals surface area (Å²) in [6.45, 7) is 8.23. The van der Waals surface area contributed by atoms with Crippen LogP contribution < -0.4 is 0 Å². The zero-order chi connectivity index (χ0) is 93.2. The zero-order valence-corrected chi connectivity index (χ0v) is 76.5. The molecule has 8 atom stereocenters. The van der Waals surface area contributed by atoms with E-state index in [1.165, 1.54) is 42.9 Å². The van der Waals surface area contributed by atoms with Crippen LogP contribution in [0, 0.1) is 137 Å². The van der Waals surface area contributed by atoms with Crippen LogP contribution in [0.2, 0.25) is 15.7 Å². The van der Waals surface area contributed by atoms with E-state index in [9.17, 15) is 45.9 Å². The highest BCUT2D eigenvalue weighted by Gasteiger charge is 2.53. The third kappa shape index (κ3) is 19.6. The number of carboxylic acids is 1. The number of carbonyl (C=O) groups excluding carboxylic acids is 3. The van der Waals surface area contributed by atoms with E-state index >= 15 is 13.2 Å². The summed E-state index contributed by atoms with van der Waals surface area (Å²) in [4.78, 5) is 108. The van der Waals surface area contributed by atoms with Gasteiger partial charge in [-0.15, -0.1) is 0 Å². The first-order chi connectivity index (χ1) is 64.2. The lowest BCUT2D eigenvalue weighted by atomic mass is 9.57. The number of halogens is 9. The number of carboxylic acid groups (broad SMARTS) is 1. The highest BCUT2D eigenvalue weighted by molar-refractivity contribution is 7.90. The van der Waals surface area contributed by atoms with Crippen molar-refractivity contribution < 1.29 is 73.3 Å². The van der Waals surface area contributed by atoms with Gasteiger partial charge in [0.05, 0.1) is 83.6 Å². The number of hydrogen-bond acceptors (Lipinski definition) is 22. The van der Waals surface area contributed by atoms with Gasteiger partial charge in [0.1, 0.15) is 34.4 Å². The van der Waals surface area contributed by atoms with Gasteiger partial charge in [-0.05, 0) is 311 Å². The Labute approximate surface area is 778 Å².